The van der Waals surface area contributed by atoms with Gasteiger partial charge < -0.3 is 4.74 Å². The van der Waals surface area contributed by atoms with Crippen molar-refractivity contribution in [2.75, 3.05) is 12.2 Å². The summed E-state index contributed by atoms with van der Waals surface area (Å²) < 4.78 is 17.2. The summed E-state index contributed by atoms with van der Waals surface area (Å²) in [6, 6.07) is 16.5. The van der Waals surface area contributed by atoms with Gasteiger partial charge in [0.15, 0.2) is 0 Å². The maximum absolute atomic E-state index is 12.3. The number of hydrogen-bond donors (Lipinski definition) is 0. The van der Waals surface area contributed by atoms with Gasteiger partial charge in [-0.2, -0.15) is 0 Å². The van der Waals surface area contributed by atoms with E-state index >= 15 is 0 Å². The van der Waals surface area contributed by atoms with E-state index in [1.54, 1.807) is 0 Å². The van der Waals surface area contributed by atoms with Crippen LogP contribution < -0.4 is 4.74 Å². The minimum absolute atomic E-state index is 0.405. The molecule has 130 valence electrons. The second kappa shape index (κ2) is 10.8. The molecule has 0 aromatic heterocycles. The van der Waals surface area contributed by atoms with Crippen LogP contribution in [0.25, 0.3) is 0 Å². The number of ether oxygens (including phenoxy) is 1. The van der Waals surface area contributed by atoms with Crippen molar-refractivity contribution in [2.24, 2.45) is 0 Å². The average molecular weight is 411 g/mol. The Morgan fingerprint density at radius 2 is 1.71 bits per heavy atom. The Kier molecular flexibility index (Phi) is 8.68. The molecule has 0 bridgehead atoms. The van der Waals surface area contributed by atoms with Gasteiger partial charge in [0, 0.05) is 15.5 Å². The van der Waals surface area contributed by atoms with Crippen LogP contribution in [0.3, 0.4) is 0 Å². The van der Waals surface area contributed by atoms with Crippen molar-refractivity contribution in [1.82, 2.24) is 0 Å². The Morgan fingerprint density at radius 1 is 1.00 bits per heavy atom. The van der Waals surface area contributed by atoms with Gasteiger partial charge in [0.1, 0.15) is 5.75 Å². The smallest absolute Gasteiger partial charge is 0.228 e. The third-order valence-electron chi connectivity index (χ3n) is 3.87. The average Bonchev–Trinajstić information content (AvgIpc) is 2.60. The maximum Gasteiger partial charge on any atom is 0.228 e. The zero-order valence-electron chi connectivity index (χ0n) is 14.0. The highest BCUT2D eigenvalue weighted by Crippen LogP contribution is 2.39. The van der Waals surface area contributed by atoms with E-state index in [4.69, 9.17) is 4.74 Å². The topological polar surface area (TPSA) is 9.23 Å². The molecule has 0 saturated carbocycles. The summed E-state index contributed by atoms with van der Waals surface area (Å²) in [6.07, 6.45) is 4.79. The molecular formula is C20H24BrFOS. The molecule has 1 nitrogen and oxygen atoms in total. The second-order valence-corrected chi connectivity index (χ2v) is 7.85. The van der Waals surface area contributed by atoms with Crippen LogP contribution in [0.15, 0.2) is 53.4 Å². The molecule has 0 aliphatic rings. The van der Waals surface area contributed by atoms with Gasteiger partial charge in [0.05, 0.1) is 0 Å². The second-order valence-electron chi connectivity index (χ2n) is 5.78. The zero-order valence-corrected chi connectivity index (χ0v) is 16.4. The molecule has 4 heteroatoms. The zero-order chi connectivity index (χ0) is 17.2. The normalized spacial score (nSPS) is 12.1. The third-order valence-corrected chi connectivity index (χ3v) is 5.77. The molecule has 2 aromatic rings. The molecule has 0 heterocycles. The molecule has 2 rings (SSSR count). The van der Waals surface area contributed by atoms with Crippen LogP contribution in [0.5, 0.6) is 5.75 Å². The first kappa shape index (κ1) is 19.3. The molecule has 0 fully saturated rings. The SMILES string of the molecule is Cc1ccc(SC(CCCCCBr)c2ccc(OCF)cc2)cc1. The molecule has 0 aliphatic heterocycles. The van der Waals surface area contributed by atoms with Crippen LogP contribution in [0.1, 0.15) is 42.1 Å². The van der Waals surface area contributed by atoms with Crippen LogP contribution in [0.2, 0.25) is 0 Å². The molecule has 0 spiro atoms. The summed E-state index contributed by atoms with van der Waals surface area (Å²) in [5, 5.41) is 1.47. The van der Waals surface area contributed by atoms with Crippen LogP contribution >= 0.6 is 27.7 Å². The first-order valence-corrected chi connectivity index (χ1v) is 10.3. The molecule has 24 heavy (non-hydrogen) atoms. The molecule has 0 amide bonds. The van der Waals surface area contributed by atoms with Crippen molar-refractivity contribution in [3.05, 3.63) is 59.7 Å². The number of unbranched alkanes of at least 4 members (excludes halogenated alkanes) is 2. The number of rotatable bonds is 10. The Labute approximate surface area is 157 Å². The van der Waals surface area contributed by atoms with Crippen molar-refractivity contribution in [3.63, 3.8) is 0 Å². The summed E-state index contributed by atoms with van der Waals surface area (Å²) >= 11 is 5.40. The molecule has 0 radical (unpaired) electrons. The minimum Gasteiger partial charge on any atom is -0.463 e. The third kappa shape index (κ3) is 6.48. The molecule has 1 unspecified atom stereocenters. The summed E-state index contributed by atoms with van der Waals surface area (Å²) in [6.45, 7) is 1.32. The first-order valence-electron chi connectivity index (χ1n) is 8.31. The minimum atomic E-state index is -0.784. The lowest BCUT2D eigenvalue weighted by Gasteiger charge is -2.18. The van der Waals surface area contributed by atoms with E-state index in [2.05, 4.69) is 59.3 Å². The summed E-state index contributed by atoms with van der Waals surface area (Å²) in [5.74, 6) is 0.583. The summed E-state index contributed by atoms with van der Waals surface area (Å²) in [4.78, 5) is 1.29. The fourth-order valence-electron chi connectivity index (χ4n) is 2.52. The predicted octanol–water partition coefficient (Wildman–Crippen LogP) is 7.09. The van der Waals surface area contributed by atoms with Crippen LogP contribution in [-0.2, 0) is 0 Å². The molecular weight excluding hydrogens is 387 g/mol. The van der Waals surface area contributed by atoms with Gasteiger partial charge in [-0.05, 0) is 49.6 Å². The van der Waals surface area contributed by atoms with Gasteiger partial charge in [-0.15, -0.1) is 11.8 Å². The highest BCUT2D eigenvalue weighted by molar-refractivity contribution is 9.09. The lowest BCUT2D eigenvalue weighted by molar-refractivity contribution is 0.191. The lowest BCUT2D eigenvalue weighted by Crippen LogP contribution is -1.96. The Hall–Kier alpha value is -1.00. The van der Waals surface area contributed by atoms with E-state index in [9.17, 15) is 4.39 Å². The standard InChI is InChI=1S/C20H24BrFOS/c1-16-6-12-19(13-7-16)24-20(5-3-2-4-14-21)17-8-10-18(11-9-17)23-15-22/h6-13,20H,2-5,14-15H2,1H3. The van der Waals surface area contributed by atoms with Crippen molar-refractivity contribution < 1.29 is 9.13 Å². The van der Waals surface area contributed by atoms with Crippen LogP contribution in [0.4, 0.5) is 4.39 Å². The number of benzene rings is 2. The summed E-state index contributed by atoms with van der Waals surface area (Å²) in [7, 11) is 0. The van der Waals surface area contributed by atoms with Gasteiger partial charge in [-0.1, -0.05) is 58.6 Å². The van der Waals surface area contributed by atoms with Crippen molar-refractivity contribution in [2.45, 2.75) is 42.8 Å². The van der Waals surface area contributed by atoms with Gasteiger partial charge in [-0.25, -0.2) is 4.39 Å². The van der Waals surface area contributed by atoms with E-state index in [0.29, 0.717) is 11.0 Å². The van der Waals surface area contributed by atoms with Gasteiger partial charge >= 0.3 is 0 Å². The van der Waals surface area contributed by atoms with Crippen molar-refractivity contribution >= 4 is 27.7 Å². The molecule has 1 atom stereocenters. The highest BCUT2D eigenvalue weighted by Gasteiger charge is 2.13. The molecule has 0 saturated heterocycles. The molecule has 0 aliphatic carbocycles. The monoisotopic (exact) mass is 410 g/mol. The van der Waals surface area contributed by atoms with Crippen LogP contribution in [-0.4, -0.2) is 12.2 Å². The number of thioether (sulfide) groups is 1. The molecule has 2 aromatic carbocycles. The maximum atomic E-state index is 12.3. The number of hydrogen-bond acceptors (Lipinski definition) is 2. The van der Waals surface area contributed by atoms with Gasteiger partial charge in [-0.3, -0.25) is 0 Å². The van der Waals surface area contributed by atoms with E-state index in [-0.39, 0.29) is 0 Å². The highest BCUT2D eigenvalue weighted by atomic mass is 79.9. The Bertz CT molecular complexity index is 586. The van der Waals surface area contributed by atoms with E-state index in [1.807, 2.05) is 23.9 Å². The fraction of sp³-hybridized carbons (Fsp3) is 0.400. The van der Waals surface area contributed by atoms with Gasteiger partial charge in [0.2, 0.25) is 6.86 Å². The largest absolute Gasteiger partial charge is 0.463 e. The Balaban J connectivity index is 2.07. The van der Waals surface area contributed by atoms with Crippen LogP contribution in [0, 0.1) is 6.92 Å². The number of halogens is 2. The predicted molar refractivity (Wildman–Crippen MR) is 105 cm³/mol. The molecule has 0 N–H and O–H groups in total. The van der Waals surface area contributed by atoms with E-state index in [0.717, 1.165) is 11.8 Å². The summed E-state index contributed by atoms with van der Waals surface area (Å²) in [5.41, 5.74) is 2.55. The Morgan fingerprint density at radius 3 is 2.33 bits per heavy atom. The van der Waals surface area contributed by atoms with Crippen molar-refractivity contribution in [3.8, 4) is 5.75 Å². The van der Waals surface area contributed by atoms with Crippen molar-refractivity contribution in [1.29, 1.82) is 0 Å². The quantitative estimate of drug-likeness (QED) is 0.235. The van der Waals surface area contributed by atoms with E-state index < -0.39 is 6.86 Å². The van der Waals surface area contributed by atoms with Gasteiger partial charge in [0.25, 0.3) is 0 Å². The van der Waals surface area contributed by atoms with E-state index in [1.165, 1.54) is 35.3 Å². The number of aryl methyl sites for hydroxylation is 1. The first-order chi connectivity index (χ1) is 11.7. The fourth-order valence-corrected chi connectivity index (χ4v) is 4.11. The number of alkyl halides is 2. The lowest BCUT2D eigenvalue weighted by atomic mass is 10.1.